The number of nitrogens with one attached hydrogen (secondary N) is 1. The van der Waals surface area contributed by atoms with Gasteiger partial charge < -0.3 is 15.1 Å². The van der Waals surface area contributed by atoms with E-state index in [2.05, 4.69) is 24.1 Å². The zero-order valence-electron chi connectivity index (χ0n) is 15.9. The topological polar surface area (TPSA) is 52.7 Å². The molecule has 0 aliphatic carbocycles. The van der Waals surface area contributed by atoms with Crippen LogP contribution in [0.25, 0.3) is 0 Å². The van der Waals surface area contributed by atoms with Crippen molar-refractivity contribution in [3.8, 4) is 0 Å². The molecule has 0 bridgehead atoms. The van der Waals surface area contributed by atoms with Crippen molar-refractivity contribution in [2.24, 2.45) is 11.3 Å². The Morgan fingerprint density at radius 3 is 2.32 bits per heavy atom. The molecule has 1 aromatic rings. The van der Waals surface area contributed by atoms with Gasteiger partial charge in [0.05, 0.1) is 0 Å². The Hall–Kier alpha value is -1.88. The number of likely N-dealkylation sites (tertiary alicyclic amines) is 1. The van der Waals surface area contributed by atoms with Crippen LogP contribution in [0.2, 0.25) is 0 Å². The van der Waals surface area contributed by atoms with E-state index in [1.807, 2.05) is 49.3 Å². The SMILES string of the molecule is CN(C)CC(C)(C)CNC(=O)C1CCN(C(=O)c2ccccc2)CC1. The summed E-state index contributed by atoms with van der Waals surface area (Å²) >= 11 is 0. The monoisotopic (exact) mass is 345 g/mol. The van der Waals surface area contributed by atoms with E-state index in [9.17, 15) is 9.59 Å². The van der Waals surface area contributed by atoms with Crippen LogP contribution in [-0.4, -0.2) is 61.9 Å². The maximum Gasteiger partial charge on any atom is 0.253 e. The predicted molar refractivity (Wildman–Crippen MR) is 100 cm³/mol. The van der Waals surface area contributed by atoms with E-state index < -0.39 is 0 Å². The molecule has 25 heavy (non-hydrogen) atoms. The highest BCUT2D eigenvalue weighted by atomic mass is 16.2. The summed E-state index contributed by atoms with van der Waals surface area (Å²) in [6, 6.07) is 9.35. The van der Waals surface area contributed by atoms with E-state index >= 15 is 0 Å². The number of carbonyl (C=O) groups is 2. The molecule has 1 aliphatic heterocycles. The van der Waals surface area contributed by atoms with Gasteiger partial charge in [0.15, 0.2) is 0 Å². The van der Waals surface area contributed by atoms with Crippen LogP contribution in [0.1, 0.15) is 37.0 Å². The number of rotatable bonds is 6. The second-order valence-corrected chi connectivity index (χ2v) is 8.05. The lowest BCUT2D eigenvalue weighted by atomic mass is 9.91. The average molecular weight is 345 g/mol. The van der Waals surface area contributed by atoms with Crippen LogP contribution < -0.4 is 5.32 Å². The van der Waals surface area contributed by atoms with Gasteiger partial charge in [-0.1, -0.05) is 32.0 Å². The molecule has 5 nitrogen and oxygen atoms in total. The summed E-state index contributed by atoms with van der Waals surface area (Å²) in [4.78, 5) is 28.9. The van der Waals surface area contributed by atoms with Gasteiger partial charge in [0.2, 0.25) is 5.91 Å². The van der Waals surface area contributed by atoms with Crippen LogP contribution in [0.5, 0.6) is 0 Å². The Morgan fingerprint density at radius 1 is 1.16 bits per heavy atom. The number of nitrogens with zero attached hydrogens (tertiary/aromatic N) is 2. The molecule has 0 saturated carbocycles. The van der Waals surface area contributed by atoms with Gasteiger partial charge in [-0.25, -0.2) is 0 Å². The first-order chi connectivity index (χ1) is 11.8. The number of piperidine rings is 1. The molecule has 1 heterocycles. The Kier molecular flexibility index (Phi) is 6.59. The minimum atomic E-state index is 0.00924. The standard InChI is InChI=1S/C20H31N3O2/c1-20(2,15-22(3)4)14-21-18(24)16-10-12-23(13-11-16)19(25)17-8-6-5-7-9-17/h5-9,16H,10-15H2,1-4H3,(H,21,24). The molecule has 0 atom stereocenters. The predicted octanol–water partition coefficient (Wildman–Crippen LogP) is 2.24. The highest BCUT2D eigenvalue weighted by Gasteiger charge is 2.29. The number of amides is 2. The largest absolute Gasteiger partial charge is 0.355 e. The molecule has 1 aliphatic rings. The third kappa shape index (κ3) is 5.85. The summed E-state index contributed by atoms with van der Waals surface area (Å²) in [6.07, 6.45) is 1.47. The number of carbonyl (C=O) groups excluding carboxylic acids is 2. The lowest BCUT2D eigenvalue weighted by Gasteiger charge is -2.33. The van der Waals surface area contributed by atoms with E-state index in [1.165, 1.54) is 0 Å². The Balaban J connectivity index is 1.79. The maximum atomic E-state index is 12.5. The second-order valence-electron chi connectivity index (χ2n) is 8.05. The van der Waals surface area contributed by atoms with E-state index in [0.717, 1.165) is 24.9 Å². The summed E-state index contributed by atoms with van der Waals surface area (Å²) in [5, 5.41) is 3.10. The van der Waals surface area contributed by atoms with Gasteiger partial charge in [-0.2, -0.15) is 0 Å². The molecule has 1 saturated heterocycles. The van der Waals surface area contributed by atoms with Crippen LogP contribution in [0.3, 0.4) is 0 Å². The fraction of sp³-hybridized carbons (Fsp3) is 0.600. The summed E-state index contributed by atoms with van der Waals surface area (Å²) < 4.78 is 0. The van der Waals surface area contributed by atoms with Crippen LogP contribution in [-0.2, 0) is 4.79 Å². The Morgan fingerprint density at radius 2 is 1.76 bits per heavy atom. The summed E-state index contributed by atoms with van der Waals surface area (Å²) in [5.41, 5.74) is 0.763. The van der Waals surface area contributed by atoms with Crippen LogP contribution in [0.15, 0.2) is 30.3 Å². The second kappa shape index (κ2) is 8.48. The quantitative estimate of drug-likeness (QED) is 0.860. The Bertz CT molecular complexity index is 576. The van der Waals surface area contributed by atoms with Gasteiger partial charge in [0.25, 0.3) is 5.91 Å². The average Bonchev–Trinajstić information content (AvgIpc) is 2.59. The van der Waals surface area contributed by atoms with Crippen molar-refractivity contribution >= 4 is 11.8 Å². The van der Waals surface area contributed by atoms with Gasteiger partial charge in [-0.05, 0) is 44.5 Å². The molecule has 0 radical (unpaired) electrons. The van der Waals surface area contributed by atoms with Crippen molar-refractivity contribution in [2.75, 3.05) is 40.3 Å². The van der Waals surface area contributed by atoms with Crippen molar-refractivity contribution in [1.82, 2.24) is 15.1 Å². The molecule has 1 aromatic carbocycles. The lowest BCUT2D eigenvalue weighted by molar-refractivity contribution is -0.126. The first-order valence-corrected chi connectivity index (χ1v) is 9.05. The van der Waals surface area contributed by atoms with Crippen molar-refractivity contribution in [1.29, 1.82) is 0 Å². The first kappa shape index (κ1) is 19.4. The molecule has 2 amide bonds. The fourth-order valence-electron chi connectivity index (χ4n) is 3.49. The van der Waals surface area contributed by atoms with Crippen molar-refractivity contribution < 1.29 is 9.59 Å². The van der Waals surface area contributed by atoms with Crippen LogP contribution >= 0.6 is 0 Å². The highest BCUT2D eigenvalue weighted by molar-refractivity contribution is 5.94. The molecule has 0 aromatic heterocycles. The minimum Gasteiger partial charge on any atom is -0.355 e. The molecule has 0 unspecified atom stereocenters. The molecule has 2 rings (SSSR count). The summed E-state index contributed by atoms with van der Waals surface area (Å²) in [7, 11) is 4.09. The van der Waals surface area contributed by atoms with Gasteiger partial charge in [-0.15, -0.1) is 0 Å². The van der Waals surface area contributed by atoms with Crippen molar-refractivity contribution in [3.05, 3.63) is 35.9 Å². The number of benzene rings is 1. The smallest absolute Gasteiger partial charge is 0.253 e. The molecular weight excluding hydrogens is 314 g/mol. The minimum absolute atomic E-state index is 0.00924. The normalized spacial score (nSPS) is 16.1. The zero-order valence-corrected chi connectivity index (χ0v) is 15.9. The first-order valence-electron chi connectivity index (χ1n) is 9.05. The fourth-order valence-corrected chi connectivity index (χ4v) is 3.49. The van der Waals surface area contributed by atoms with E-state index in [0.29, 0.717) is 19.6 Å². The van der Waals surface area contributed by atoms with Gasteiger partial charge in [0.1, 0.15) is 0 Å². The molecular formula is C20H31N3O2. The van der Waals surface area contributed by atoms with Crippen molar-refractivity contribution in [2.45, 2.75) is 26.7 Å². The van der Waals surface area contributed by atoms with E-state index in [1.54, 1.807) is 0 Å². The molecule has 0 spiro atoms. The van der Waals surface area contributed by atoms with Gasteiger partial charge in [0, 0.05) is 37.7 Å². The summed E-state index contributed by atoms with van der Waals surface area (Å²) in [5.74, 6) is 0.195. The molecule has 5 heteroatoms. The molecule has 1 N–H and O–H groups in total. The summed E-state index contributed by atoms with van der Waals surface area (Å²) in [6.45, 7) is 7.22. The number of hydrogen-bond donors (Lipinski definition) is 1. The maximum absolute atomic E-state index is 12.5. The van der Waals surface area contributed by atoms with Crippen LogP contribution in [0, 0.1) is 11.3 Å². The third-order valence-corrected chi connectivity index (χ3v) is 4.66. The van der Waals surface area contributed by atoms with E-state index in [4.69, 9.17) is 0 Å². The zero-order chi connectivity index (χ0) is 18.4. The lowest BCUT2D eigenvalue weighted by Crippen LogP contribution is -2.46. The number of hydrogen-bond acceptors (Lipinski definition) is 3. The van der Waals surface area contributed by atoms with Gasteiger partial charge in [-0.3, -0.25) is 9.59 Å². The van der Waals surface area contributed by atoms with Gasteiger partial charge >= 0.3 is 0 Å². The third-order valence-electron chi connectivity index (χ3n) is 4.66. The molecule has 138 valence electrons. The highest BCUT2D eigenvalue weighted by Crippen LogP contribution is 2.20. The van der Waals surface area contributed by atoms with E-state index in [-0.39, 0.29) is 23.1 Å². The Labute approximate surface area is 151 Å². The van der Waals surface area contributed by atoms with Crippen LogP contribution in [0.4, 0.5) is 0 Å². The molecule has 1 fully saturated rings. The van der Waals surface area contributed by atoms with Crippen molar-refractivity contribution in [3.63, 3.8) is 0 Å².